The number of ether oxygens (including phenoxy) is 1. The Hall–Kier alpha value is -1.73. The average Bonchev–Trinajstić information content (AvgIpc) is 2.92. The number of allylic oxidation sites excluding steroid dienone is 7. The van der Waals surface area contributed by atoms with Crippen molar-refractivity contribution in [3.8, 4) is 0 Å². The van der Waals surface area contributed by atoms with E-state index in [2.05, 4.69) is 44.4 Å². The minimum atomic E-state index is -0.860. The number of carbonyl (C=O) groups is 1. The van der Waals surface area contributed by atoms with Gasteiger partial charge in [-0.1, -0.05) is 30.0 Å². The SMILES string of the molecule is COC1=CCC2C=C(c3[nH]nc(SCC(=O)O)c3Br)C=CC2=C1. The molecule has 5 nitrogen and oxygen atoms in total. The highest BCUT2D eigenvalue weighted by atomic mass is 79.9. The summed E-state index contributed by atoms with van der Waals surface area (Å²) in [5, 5.41) is 16.6. The molecule has 0 spiro atoms. The maximum absolute atomic E-state index is 10.7. The summed E-state index contributed by atoms with van der Waals surface area (Å²) in [5.74, 6) is 0.339. The van der Waals surface area contributed by atoms with Gasteiger partial charge in [-0.05, 0) is 45.6 Å². The lowest BCUT2D eigenvalue weighted by Gasteiger charge is -2.22. The first-order valence-corrected chi connectivity index (χ1v) is 8.81. The summed E-state index contributed by atoms with van der Waals surface area (Å²) in [4.78, 5) is 10.7. The molecule has 23 heavy (non-hydrogen) atoms. The van der Waals surface area contributed by atoms with Crippen LogP contribution >= 0.6 is 27.7 Å². The zero-order chi connectivity index (χ0) is 16.4. The molecule has 7 heteroatoms. The number of rotatable bonds is 5. The number of methoxy groups -OCH3 is 1. The van der Waals surface area contributed by atoms with E-state index in [0.717, 1.165) is 27.9 Å². The zero-order valence-corrected chi connectivity index (χ0v) is 14.8. The van der Waals surface area contributed by atoms with Crippen LogP contribution in [0.2, 0.25) is 0 Å². The summed E-state index contributed by atoms with van der Waals surface area (Å²) >= 11 is 4.71. The van der Waals surface area contributed by atoms with Crippen molar-refractivity contribution in [1.82, 2.24) is 10.2 Å². The van der Waals surface area contributed by atoms with Gasteiger partial charge in [0.1, 0.15) is 10.8 Å². The van der Waals surface area contributed by atoms with Crippen LogP contribution < -0.4 is 0 Å². The molecule has 0 aliphatic heterocycles. The molecule has 0 amide bonds. The molecule has 1 atom stereocenters. The quantitative estimate of drug-likeness (QED) is 0.743. The Kier molecular flexibility index (Phi) is 4.77. The minimum absolute atomic E-state index is 0.0160. The molecule has 1 aromatic heterocycles. The molecule has 0 saturated carbocycles. The fraction of sp³-hybridized carbons (Fsp3) is 0.250. The Morgan fingerprint density at radius 2 is 2.39 bits per heavy atom. The van der Waals surface area contributed by atoms with Crippen LogP contribution in [-0.2, 0) is 9.53 Å². The first-order valence-electron chi connectivity index (χ1n) is 7.03. The molecule has 1 unspecified atom stereocenters. The number of aromatic amines is 1. The summed E-state index contributed by atoms with van der Waals surface area (Å²) in [6.45, 7) is 0. The van der Waals surface area contributed by atoms with Gasteiger partial charge in [-0.2, -0.15) is 5.10 Å². The summed E-state index contributed by atoms with van der Waals surface area (Å²) in [6.07, 6.45) is 11.3. The third-order valence-electron chi connectivity index (χ3n) is 3.68. The lowest BCUT2D eigenvalue weighted by atomic mass is 9.84. The van der Waals surface area contributed by atoms with Crippen molar-refractivity contribution < 1.29 is 14.6 Å². The van der Waals surface area contributed by atoms with Crippen LogP contribution in [0.15, 0.2) is 51.2 Å². The second kappa shape index (κ2) is 6.80. The van der Waals surface area contributed by atoms with Crippen LogP contribution in [0.5, 0.6) is 0 Å². The molecule has 0 radical (unpaired) electrons. The van der Waals surface area contributed by atoms with Crippen molar-refractivity contribution in [2.24, 2.45) is 5.92 Å². The Morgan fingerprint density at radius 3 is 3.13 bits per heavy atom. The van der Waals surface area contributed by atoms with Gasteiger partial charge in [0.05, 0.1) is 23.0 Å². The van der Waals surface area contributed by atoms with E-state index in [1.165, 1.54) is 17.3 Å². The first-order chi connectivity index (χ1) is 11.1. The van der Waals surface area contributed by atoms with Crippen molar-refractivity contribution in [2.45, 2.75) is 11.4 Å². The molecule has 0 fully saturated rings. The van der Waals surface area contributed by atoms with Gasteiger partial charge in [0.25, 0.3) is 0 Å². The highest BCUT2D eigenvalue weighted by molar-refractivity contribution is 9.10. The largest absolute Gasteiger partial charge is 0.497 e. The van der Waals surface area contributed by atoms with Crippen molar-refractivity contribution >= 4 is 39.2 Å². The number of thioether (sulfide) groups is 1. The smallest absolute Gasteiger partial charge is 0.313 e. The molecule has 0 aromatic carbocycles. The lowest BCUT2D eigenvalue weighted by Crippen LogP contribution is -2.08. The van der Waals surface area contributed by atoms with Crippen LogP contribution in [-0.4, -0.2) is 34.1 Å². The fourth-order valence-electron chi connectivity index (χ4n) is 2.54. The van der Waals surface area contributed by atoms with Crippen LogP contribution in [0.3, 0.4) is 0 Å². The number of carboxylic acid groups (broad SMARTS) is 1. The monoisotopic (exact) mass is 394 g/mol. The number of hydrogen-bond donors (Lipinski definition) is 2. The van der Waals surface area contributed by atoms with Crippen LogP contribution in [0.4, 0.5) is 0 Å². The Bertz CT molecular complexity index is 761. The van der Waals surface area contributed by atoms with E-state index >= 15 is 0 Å². The Morgan fingerprint density at radius 1 is 1.57 bits per heavy atom. The summed E-state index contributed by atoms with van der Waals surface area (Å²) in [7, 11) is 1.68. The van der Waals surface area contributed by atoms with Gasteiger partial charge in [-0.3, -0.25) is 9.89 Å². The fourth-order valence-corrected chi connectivity index (χ4v) is 3.89. The molecular formula is C16H15BrN2O3S. The number of halogens is 1. The Labute approximate surface area is 146 Å². The standard InChI is InChI=1S/C16H15BrN2O3S/c1-22-12-5-4-9-6-11(3-2-10(9)7-12)15-14(17)16(19-18-15)23-8-13(20)21/h2-3,5-7,9H,4,8H2,1H3,(H,18,19)(H,20,21). The molecule has 2 N–H and O–H groups in total. The van der Waals surface area contributed by atoms with Gasteiger partial charge in [-0.25, -0.2) is 0 Å². The van der Waals surface area contributed by atoms with E-state index in [4.69, 9.17) is 9.84 Å². The number of fused-ring (bicyclic) bond motifs is 1. The highest BCUT2D eigenvalue weighted by Gasteiger charge is 2.21. The minimum Gasteiger partial charge on any atom is -0.497 e. The van der Waals surface area contributed by atoms with E-state index < -0.39 is 5.97 Å². The molecular weight excluding hydrogens is 380 g/mol. The summed E-state index contributed by atoms with van der Waals surface area (Å²) in [5.41, 5.74) is 3.14. The maximum Gasteiger partial charge on any atom is 0.313 e. The van der Waals surface area contributed by atoms with Gasteiger partial charge in [-0.15, -0.1) is 0 Å². The number of aliphatic carboxylic acids is 1. The Balaban J connectivity index is 1.81. The van der Waals surface area contributed by atoms with Crippen molar-refractivity contribution in [3.63, 3.8) is 0 Å². The van der Waals surface area contributed by atoms with E-state index in [0.29, 0.717) is 10.9 Å². The van der Waals surface area contributed by atoms with Gasteiger partial charge >= 0.3 is 5.97 Å². The molecule has 120 valence electrons. The van der Waals surface area contributed by atoms with Crippen molar-refractivity contribution in [3.05, 3.63) is 51.9 Å². The normalized spacial score (nSPS) is 19.6. The van der Waals surface area contributed by atoms with E-state index in [1.807, 2.05) is 12.2 Å². The molecule has 2 aliphatic rings. The van der Waals surface area contributed by atoms with Crippen LogP contribution in [0.25, 0.3) is 5.57 Å². The van der Waals surface area contributed by atoms with E-state index in [-0.39, 0.29) is 5.75 Å². The van der Waals surface area contributed by atoms with E-state index in [9.17, 15) is 4.79 Å². The van der Waals surface area contributed by atoms with Gasteiger partial charge in [0.2, 0.25) is 0 Å². The lowest BCUT2D eigenvalue weighted by molar-refractivity contribution is -0.133. The second-order valence-electron chi connectivity index (χ2n) is 5.15. The first kappa shape index (κ1) is 16.1. The maximum atomic E-state index is 10.7. The molecule has 2 aliphatic carbocycles. The molecule has 1 heterocycles. The molecule has 0 saturated heterocycles. The highest BCUT2D eigenvalue weighted by Crippen LogP contribution is 2.37. The molecule has 1 aromatic rings. The number of hydrogen-bond acceptors (Lipinski definition) is 4. The van der Waals surface area contributed by atoms with Gasteiger partial charge < -0.3 is 9.84 Å². The number of nitrogens with zero attached hydrogens (tertiary/aromatic N) is 1. The number of carboxylic acids is 1. The van der Waals surface area contributed by atoms with Crippen LogP contribution in [0.1, 0.15) is 12.1 Å². The third-order valence-corrected chi connectivity index (χ3v) is 5.67. The number of H-pyrrole nitrogens is 1. The van der Waals surface area contributed by atoms with Crippen LogP contribution in [0, 0.1) is 5.92 Å². The topological polar surface area (TPSA) is 75.2 Å². The predicted octanol–water partition coefficient (Wildman–Crippen LogP) is 3.78. The van der Waals surface area contributed by atoms with Crippen molar-refractivity contribution in [1.29, 1.82) is 0 Å². The summed E-state index contributed by atoms with van der Waals surface area (Å²) < 4.78 is 6.08. The average molecular weight is 395 g/mol. The third kappa shape index (κ3) is 3.45. The summed E-state index contributed by atoms with van der Waals surface area (Å²) in [6, 6.07) is 0. The predicted molar refractivity (Wildman–Crippen MR) is 93.0 cm³/mol. The number of nitrogens with one attached hydrogen (secondary N) is 1. The second-order valence-corrected chi connectivity index (χ2v) is 6.91. The number of aromatic nitrogens is 2. The van der Waals surface area contributed by atoms with Gasteiger partial charge in [0.15, 0.2) is 0 Å². The zero-order valence-electron chi connectivity index (χ0n) is 12.4. The van der Waals surface area contributed by atoms with Gasteiger partial charge in [0, 0.05) is 5.92 Å². The van der Waals surface area contributed by atoms with Crippen molar-refractivity contribution in [2.75, 3.05) is 12.9 Å². The molecule has 3 rings (SSSR count). The van der Waals surface area contributed by atoms with E-state index in [1.54, 1.807) is 7.11 Å². The molecule has 0 bridgehead atoms.